The molecule has 6 nitrogen and oxygen atoms in total. The first-order valence-electron chi connectivity index (χ1n) is 15.8. The second-order valence-corrected chi connectivity index (χ2v) is 13.0. The summed E-state index contributed by atoms with van der Waals surface area (Å²) in [5.41, 5.74) is 7.20. The fraction of sp³-hybridized carbons (Fsp3) is 0.697. The second-order valence-electron chi connectivity index (χ2n) is 13.0. The number of aromatic nitrogens is 2. The van der Waals surface area contributed by atoms with E-state index < -0.39 is 5.97 Å². The van der Waals surface area contributed by atoms with Crippen LogP contribution in [0.2, 0.25) is 0 Å². The molecule has 0 radical (unpaired) electrons. The number of hydrogen-bond donors (Lipinski definition) is 1. The van der Waals surface area contributed by atoms with Crippen LogP contribution >= 0.6 is 0 Å². The van der Waals surface area contributed by atoms with E-state index in [-0.39, 0.29) is 6.04 Å². The molecule has 39 heavy (non-hydrogen) atoms. The van der Waals surface area contributed by atoms with Crippen LogP contribution in [0.1, 0.15) is 98.2 Å². The molecule has 0 spiro atoms. The van der Waals surface area contributed by atoms with Crippen molar-refractivity contribution in [3.63, 3.8) is 0 Å². The van der Waals surface area contributed by atoms with E-state index in [1.807, 2.05) is 0 Å². The third kappa shape index (κ3) is 5.69. The minimum Gasteiger partial charge on any atom is -0.480 e. The Bertz CT molecular complexity index is 1150. The Hall–Kier alpha value is -2.18. The lowest BCUT2D eigenvalue weighted by molar-refractivity contribution is -0.144. The number of fused-ring (bicyclic) bond motifs is 1. The van der Waals surface area contributed by atoms with Gasteiger partial charge in [0.2, 0.25) is 0 Å². The van der Waals surface area contributed by atoms with Crippen molar-refractivity contribution in [3.05, 3.63) is 52.3 Å². The van der Waals surface area contributed by atoms with Crippen LogP contribution in [0.4, 0.5) is 0 Å². The molecule has 4 aliphatic rings. The van der Waals surface area contributed by atoms with Crippen molar-refractivity contribution in [1.29, 1.82) is 0 Å². The van der Waals surface area contributed by atoms with Gasteiger partial charge in [0.15, 0.2) is 0 Å². The SMILES string of the molecule is CCn1nc2c(c1C1CCN(CC3CN(C(CC4CCC4)C(=O)O)CC3c3cccc(C)c3)CC1)CCCC2. The average Bonchev–Trinajstić information content (AvgIpc) is 3.49. The molecule has 3 unspecified atom stereocenters. The Morgan fingerprint density at radius 3 is 2.56 bits per heavy atom. The van der Waals surface area contributed by atoms with Crippen LogP contribution in [0.15, 0.2) is 24.3 Å². The van der Waals surface area contributed by atoms with Crippen molar-refractivity contribution in [3.8, 4) is 0 Å². The number of rotatable bonds is 9. The normalized spacial score (nSPS) is 25.9. The number of hydrogen-bond acceptors (Lipinski definition) is 4. The number of carbonyl (C=O) groups is 1. The monoisotopic (exact) mass is 532 g/mol. The Kier molecular flexibility index (Phi) is 8.13. The largest absolute Gasteiger partial charge is 0.480 e. The fourth-order valence-electron chi connectivity index (χ4n) is 8.12. The third-order valence-corrected chi connectivity index (χ3v) is 10.5. The predicted octanol–water partition coefficient (Wildman–Crippen LogP) is 5.63. The molecule has 3 heterocycles. The summed E-state index contributed by atoms with van der Waals surface area (Å²) in [5, 5.41) is 15.2. The Balaban J connectivity index is 1.15. The summed E-state index contributed by atoms with van der Waals surface area (Å²) in [6, 6.07) is 8.63. The molecule has 1 N–H and O–H groups in total. The Morgan fingerprint density at radius 1 is 1.08 bits per heavy atom. The van der Waals surface area contributed by atoms with E-state index in [1.165, 1.54) is 68.2 Å². The summed E-state index contributed by atoms with van der Waals surface area (Å²) in [4.78, 5) is 17.4. The molecular formula is C33H48N4O2. The third-order valence-electron chi connectivity index (χ3n) is 10.5. The van der Waals surface area contributed by atoms with Gasteiger partial charge in [0.25, 0.3) is 0 Å². The molecule has 3 fully saturated rings. The van der Waals surface area contributed by atoms with Crippen LogP contribution in [0.5, 0.6) is 0 Å². The van der Waals surface area contributed by atoms with E-state index in [2.05, 4.69) is 52.6 Å². The number of piperidine rings is 1. The van der Waals surface area contributed by atoms with Gasteiger partial charge in [-0.15, -0.1) is 0 Å². The van der Waals surface area contributed by atoms with Gasteiger partial charge >= 0.3 is 5.97 Å². The molecule has 0 bridgehead atoms. The van der Waals surface area contributed by atoms with Crippen molar-refractivity contribution >= 4 is 5.97 Å². The number of nitrogens with zero attached hydrogens (tertiary/aromatic N) is 4. The zero-order valence-electron chi connectivity index (χ0n) is 24.2. The number of aliphatic carboxylic acids is 1. The molecular weight excluding hydrogens is 484 g/mol. The first-order chi connectivity index (χ1) is 19.0. The van der Waals surface area contributed by atoms with Gasteiger partial charge < -0.3 is 10.0 Å². The summed E-state index contributed by atoms with van der Waals surface area (Å²) in [5.74, 6) is 1.48. The summed E-state index contributed by atoms with van der Waals surface area (Å²) in [7, 11) is 0. The lowest BCUT2D eigenvalue weighted by atomic mass is 9.80. The summed E-state index contributed by atoms with van der Waals surface area (Å²) < 4.78 is 2.33. The van der Waals surface area contributed by atoms with Crippen LogP contribution < -0.4 is 0 Å². The van der Waals surface area contributed by atoms with Gasteiger partial charge in [-0.25, -0.2) is 0 Å². The van der Waals surface area contributed by atoms with Gasteiger partial charge in [-0.05, 0) is 94.8 Å². The summed E-state index contributed by atoms with van der Waals surface area (Å²) in [6.07, 6.45) is 11.9. The zero-order chi connectivity index (χ0) is 26.9. The highest BCUT2D eigenvalue weighted by Crippen LogP contribution is 2.40. The average molecular weight is 533 g/mol. The minimum atomic E-state index is -0.623. The lowest BCUT2D eigenvalue weighted by Crippen LogP contribution is -2.43. The molecule has 1 saturated carbocycles. The van der Waals surface area contributed by atoms with Gasteiger partial charge in [-0.1, -0.05) is 49.1 Å². The molecule has 2 aromatic rings. The van der Waals surface area contributed by atoms with Crippen molar-refractivity contribution in [2.45, 2.75) is 102 Å². The molecule has 2 saturated heterocycles. The molecule has 2 aliphatic heterocycles. The van der Waals surface area contributed by atoms with Gasteiger partial charge in [-0.2, -0.15) is 5.10 Å². The first kappa shape index (κ1) is 27.0. The van der Waals surface area contributed by atoms with E-state index in [4.69, 9.17) is 5.10 Å². The van der Waals surface area contributed by atoms with Crippen molar-refractivity contribution in [2.24, 2.45) is 11.8 Å². The van der Waals surface area contributed by atoms with Crippen LogP contribution in [0.3, 0.4) is 0 Å². The van der Waals surface area contributed by atoms with E-state index in [1.54, 1.807) is 11.3 Å². The van der Waals surface area contributed by atoms with Crippen LogP contribution in [0.25, 0.3) is 0 Å². The molecule has 6 heteroatoms. The minimum absolute atomic E-state index is 0.334. The number of carboxylic acid groups (broad SMARTS) is 1. The van der Waals surface area contributed by atoms with E-state index in [9.17, 15) is 9.90 Å². The highest BCUT2D eigenvalue weighted by atomic mass is 16.4. The summed E-state index contributed by atoms with van der Waals surface area (Å²) >= 11 is 0. The quantitative estimate of drug-likeness (QED) is 0.454. The van der Waals surface area contributed by atoms with Crippen molar-refractivity contribution in [2.75, 3.05) is 32.7 Å². The smallest absolute Gasteiger partial charge is 0.320 e. The van der Waals surface area contributed by atoms with E-state index in [0.717, 1.165) is 52.1 Å². The molecule has 212 valence electrons. The van der Waals surface area contributed by atoms with Crippen LogP contribution in [0, 0.1) is 18.8 Å². The zero-order valence-corrected chi connectivity index (χ0v) is 24.2. The molecule has 3 atom stereocenters. The molecule has 1 aromatic heterocycles. The number of aryl methyl sites for hydroxylation is 3. The van der Waals surface area contributed by atoms with Crippen LogP contribution in [-0.4, -0.2) is 69.4 Å². The Labute approximate surface area is 234 Å². The molecule has 0 amide bonds. The van der Waals surface area contributed by atoms with E-state index in [0.29, 0.717) is 23.7 Å². The summed E-state index contributed by atoms with van der Waals surface area (Å²) in [6.45, 7) is 10.5. The topological polar surface area (TPSA) is 61.6 Å². The molecule has 2 aliphatic carbocycles. The number of benzene rings is 1. The van der Waals surface area contributed by atoms with Gasteiger partial charge in [0.05, 0.1) is 5.69 Å². The standard InChI is InChI=1S/C33H48N4O2/c1-3-37-32(28-12-4-5-13-30(28)34-37)25-14-16-35(17-15-25)20-27-21-36(31(33(38)39)19-24-9-7-10-24)22-29(27)26-11-6-8-23(2)18-26/h6,8,11,18,24-25,27,29,31H,3-5,7,9-10,12-17,19-22H2,1-2H3,(H,38,39). The first-order valence-corrected chi connectivity index (χ1v) is 15.8. The fourth-order valence-corrected chi connectivity index (χ4v) is 8.12. The maximum atomic E-state index is 12.4. The van der Waals surface area contributed by atoms with Crippen molar-refractivity contribution in [1.82, 2.24) is 19.6 Å². The van der Waals surface area contributed by atoms with Gasteiger partial charge in [0, 0.05) is 43.7 Å². The van der Waals surface area contributed by atoms with Gasteiger partial charge in [0.1, 0.15) is 6.04 Å². The van der Waals surface area contributed by atoms with E-state index >= 15 is 0 Å². The van der Waals surface area contributed by atoms with Crippen LogP contribution in [-0.2, 0) is 24.2 Å². The maximum absolute atomic E-state index is 12.4. The van der Waals surface area contributed by atoms with Gasteiger partial charge in [-0.3, -0.25) is 14.4 Å². The van der Waals surface area contributed by atoms with Crippen molar-refractivity contribution < 1.29 is 9.90 Å². The molecule has 6 rings (SSSR count). The Morgan fingerprint density at radius 2 is 1.87 bits per heavy atom. The predicted molar refractivity (Wildman–Crippen MR) is 155 cm³/mol. The molecule has 1 aromatic carbocycles. The second kappa shape index (κ2) is 11.7. The highest BCUT2D eigenvalue weighted by Gasteiger charge is 2.41. The number of likely N-dealkylation sites (tertiary alicyclic amines) is 2. The lowest BCUT2D eigenvalue weighted by Gasteiger charge is -2.35. The maximum Gasteiger partial charge on any atom is 0.320 e. The number of carboxylic acids is 1. The highest BCUT2D eigenvalue weighted by molar-refractivity contribution is 5.73.